The average molecular weight is 338 g/mol. The van der Waals surface area contributed by atoms with Gasteiger partial charge in [-0.3, -0.25) is 24.2 Å². The van der Waals surface area contributed by atoms with E-state index in [0.717, 1.165) is 0 Å². The number of carbonyl (C=O) groups excluding carboxylic acids is 1. The molecule has 1 amide bonds. The van der Waals surface area contributed by atoms with Crippen molar-refractivity contribution in [2.45, 2.75) is 25.5 Å². The van der Waals surface area contributed by atoms with Gasteiger partial charge in [0.25, 0.3) is 11.6 Å². The van der Waals surface area contributed by atoms with Crippen LogP contribution in [-0.4, -0.2) is 42.3 Å². The Hall–Kier alpha value is -2.29. The fourth-order valence-corrected chi connectivity index (χ4v) is 2.84. The monoisotopic (exact) mass is 338 g/mol. The molecular weight excluding hydrogens is 320 g/mol. The number of nitrogens with zero attached hydrogens (tertiary/aromatic N) is 2. The van der Waals surface area contributed by atoms with Crippen molar-refractivity contribution in [2.75, 3.05) is 12.3 Å². The van der Waals surface area contributed by atoms with Gasteiger partial charge in [0, 0.05) is 45.4 Å². The molecule has 8 nitrogen and oxygen atoms in total. The van der Waals surface area contributed by atoms with Crippen molar-refractivity contribution in [3.63, 3.8) is 0 Å². The molecule has 124 valence electrons. The van der Waals surface area contributed by atoms with Crippen LogP contribution in [-0.2, 0) is 10.8 Å². The Morgan fingerprint density at radius 3 is 2.74 bits per heavy atom. The van der Waals surface area contributed by atoms with Crippen molar-refractivity contribution in [3.05, 3.63) is 34.0 Å². The van der Waals surface area contributed by atoms with Crippen molar-refractivity contribution in [1.29, 1.82) is 0 Å². The highest BCUT2D eigenvalue weighted by molar-refractivity contribution is 7.86. The van der Waals surface area contributed by atoms with E-state index in [0.29, 0.717) is 16.7 Å². The molecule has 2 aromatic rings. The van der Waals surface area contributed by atoms with Crippen LogP contribution in [0, 0.1) is 10.1 Å². The number of hydrogen-bond acceptors (Lipinski definition) is 5. The predicted molar refractivity (Wildman–Crippen MR) is 87.8 cm³/mol. The molecule has 0 saturated heterocycles. The first kappa shape index (κ1) is 17.1. The van der Waals surface area contributed by atoms with Gasteiger partial charge >= 0.3 is 0 Å². The summed E-state index contributed by atoms with van der Waals surface area (Å²) in [4.78, 5) is 22.5. The zero-order chi connectivity index (χ0) is 17.2. The normalized spacial score (nSPS) is 13.0. The second kappa shape index (κ2) is 6.45. The van der Waals surface area contributed by atoms with Crippen molar-refractivity contribution < 1.29 is 13.9 Å². The highest BCUT2D eigenvalue weighted by Gasteiger charge is 2.20. The smallest absolute Gasteiger partial charge is 0.272 e. The molecule has 9 heteroatoms. The summed E-state index contributed by atoms with van der Waals surface area (Å²) in [5.74, 6) is -0.125. The summed E-state index contributed by atoms with van der Waals surface area (Å²) in [6, 6.07) is 4.15. The number of nitrogens with one attached hydrogen (secondary N) is 2. The van der Waals surface area contributed by atoms with Gasteiger partial charge in [0.1, 0.15) is 0 Å². The molecule has 23 heavy (non-hydrogen) atoms. The third-order valence-corrected chi connectivity index (χ3v) is 5.17. The third kappa shape index (κ3) is 3.92. The second-order valence-electron chi connectivity index (χ2n) is 5.98. The molecule has 0 aliphatic rings. The van der Waals surface area contributed by atoms with Crippen molar-refractivity contribution in [1.82, 2.24) is 15.5 Å². The summed E-state index contributed by atoms with van der Waals surface area (Å²) in [7, 11) is -1.07. The summed E-state index contributed by atoms with van der Waals surface area (Å²) < 4.78 is 11.6. The highest BCUT2D eigenvalue weighted by atomic mass is 32.2. The molecule has 1 heterocycles. The van der Waals surface area contributed by atoms with Gasteiger partial charge in [-0.2, -0.15) is 5.10 Å². The first-order valence-corrected chi connectivity index (χ1v) is 8.31. The lowest BCUT2D eigenvalue weighted by molar-refractivity contribution is -0.384. The largest absolute Gasteiger partial charge is 0.350 e. The maximum atomic E-state index is 12.2. The molecule has 0 bridgehead atoms. The highest BCUT2D eigenvalue weighted by Crippen LogP contribution is 2.22. The Morgan fingerprint density at radius 2 is 2.13 bits per heavy atom. The van der Waals surface area contributed by atoms with Crippen molar-refractivity contribution in [3.8, 4) is 0 Å². The Labute approximate surface area is 135 Å². The van der Waals surface area contributed by atoms with E-state index in [1.54, 1.807) is 0 Å². The number of carbonyl (C=O) groups is 1. The van der Waals surface area contributed by atoms with Gasteiger partial charge in [-0.25, -0.2) is 0 Å². The van der Waals surface area contributed by atoms with Crippen LogP contribution in [0.15, 0.2) is 18.2 Å². The SMILES string of the molecule is CC(C)(C)S(=O)CCNC(=O)c1n[nH]c2ccc([N+](=O)[O-])cc12. The summed E-state index contributed by atoms with van der Waals surface area (Å²) in [6.07, 6.45) is 0. The molecule has 2 rings (SSSR count). The van der Waals surface area contributed by atoms with Crippen LogP contribution >= 0.6 is 0 Å². The lowest BCUT2D eigenvalue weighted by Crippen LogP contribution is -2.32. The first-order valence-electron chi connectivity index (χ1n) is 6.99. The average Bonchev–Trinajstić information content (AvgIpc) is 2.88. The molecule has 0 aliphatic carbocycles. The maximum Gasteiger partial charge on any atom is 0.272 e. The van der Waals surface area contributed by atoms with Crippen molar-refractivity contribution >= 4 is 33.3 Å². The fraction of sp³-hybridized carbons (Fsp3) is 0.429. The molecule has 0 spiro atoms. The standard InChI is InChI=1S/C14H18N4O4S/c1-14(2,3)23(22)7-6-15-13(19)12-10-8-9(18(20)21)4-5-11(10)16-17-12/h4-5,8H,6-7H2,1-3H3,(H,15,19)(H,16,17). The van der Waals surface area contributed by atoms with Gasteiger partial charge in [-0.15, -0.1) is 0 Å². The van der Waals surface area contributed by atoms with E-state index < -0.39 is 21.6 Å². The van der Waals surface area contributed by atoms with E-state index in [9.17, 15) is 19.1 Å². The van der Waals surface area contributed by atoms with E-state index >= 15 is 0 Å². The number of rotatable bonds is 5. The van der Waals surface area contributed by atoms with E-state index in [4.69, 9.17) is 0 Å². The number of aromatic nitrogens is 2. The molecule has 1 aromatic heterocycles. The van der Waals surface area contributed by atoms with Crippen LogP contribution in [0.1, 0.15) is 31.3 Å². The Bertz CT molecular complexity index is 779. The zero-order valence-corrected chi connectivity index (χ0v) is 13.9. The van der Waals surface area contributed by atoms with Gasteiger partial charge < -0.3 is 5.32 Å². The summed E-state index contributed by atoms with van der Waals surface area (Å²) in [5.41, 5.74) is 0.519. The quantitative estimate of drug-likeness (QED) is 0.636. The Morgan fingerprint density at radius 1 is 1.43 bits per heavy atom. The molecule has 0 saturated carbocycles. The summed E-state index contributed by atoms with van der Waals surface area (Å²) in [6.45, 7) is 5.84. The number of fused-ring (bicyclic) bond motifs is 1. The van der Waals surface area contributed by atoms with Crippen LogP contribution < -0.4 is 5.32 Å². The molecule has 0 aliphatic heterocycles. The van der Waals surface area contributed by atoms with E-state index in [-0.39, 0.29) is 22.7 Å². The molecule has 0 radical (unpaired) electrons. The predicted octanol–water partition coefficient (Wildman–Crippen LogP) is 1.75. The number of hydrogen-bond donors (Lipinski definition) is 2. The summed E-state index contributed by atoms with van der Waals surface area (Å²) in [5, 5.41) is 20.4. The minimum atomic E-state index is -1.07. The lowest BCUT2D eigenvalue weighted by atomic mass is 10.2. The number of nitro groups is 1. The molecular formula is C14H18N4O4S. The van der Waals surface area contributed by atoms with Crippen LogP contribution in [0.3, 0.4) is 0 Å². The van der Waals surface area contributed by atoms with Gasteiger partial charge in [-0.1, -0.05) is 0 Å². The van der Waals surface area contributed by atoms with Crippen LogP contribution in [0.25, 0.3) is 10.9 Å². The van der Waals surface area contributed by atoms with Crippen LogP contribution in [0.5, 0.6) is 0 Å². The number of aromatic amines is 1. The van der Waals surface area contributed by atoms with Gasteiger partial charge in [0.15, 0.2) is 5.69 Å². The molecule has 1 aromatic carbocycles. The third-order valence-electron chi connectivity index (χ3n) is 3.23. The van der Waals surface area contributed by atoms with Gasteiger partial charge in [0.2, 0.25) is 0 Å². The molecule has 1 atom stereocenters. The maximum absolute atomic E-state index is 12.2. The second-order valence-corrected chi connectivity index (χ2v) is 8.30. The molecule has 1 unspecified atom stereocenters. The fourth-order valence-electron chi connectivity index (χ4n) is 1.94. The van der Waals surface area contributed by atoms with Gasteiger partial charge in [0.05, 0.1) is 10.4 Å². The zero-order valence-electron chi connectivity index (χ0n) is 13.1. The topological polar surface area (TPSA) is 118 Å². The summed E-state index contributed by atoms with van der Waals surface area (Å²) >= 11 is 0. The van der Waals surface area contributed by atoms with Crippen LogP contribution in [0.4, 0.5) is 5.69 Å². The van der Waals surface area contributed by atoms with Gasteiger partial charge in [-0.05, 0) is 26.8 Å². The van der Waals surface area contributed by atoms with E-state index in [2.05, 4.69) is 15.5 Å². The Kier molecular flexibility index (Phi) is 4.79. The van der Waals surface area contributed by atoms with E-state index in [1.807, 2.05) is 20.8 Å². The molecule has 2 N–H and O–H groups in total. The molecule has 0 fully saturated rings. The number of benzene rings is 1. The number of amides is 1. The first-order chi connectivity index (χ1) is 10.7. The minimum absolute atomic E-state index is 0.0882. The number of H-pyrrole nitrogens is 1. The number of nitro benzene ring substituents is 1. The van der Waals surface area contributed by atoms with E-state index in [1.165, 1.54) is 18.2 Å². The van der Waals surface area contributed by atoms with Crippen LogP contribution in [0.2, 0.25) is 0 Å². The number of non-ortho nitro benzene ring substituents is 1. The Balaban J connectivity index is 2.11. The van der Waals surface area contributed by atoms with Crippen molar-refractivity contribution in [2.24, 2.45) is 0 Å². The lowest BCUT2D eigenvalue weighted by Gasteiger charge is -2.17. The minimum Gasteiger partial charge on any atom is -0.350 e.